The molecule has 0 radical (unpaired) electrons. The third kappa shape index (κ3) is 20.3. The van der Waals surface area contributed by atoms with Crippen LogP contribution in [0.25, 0.3) is 0 Å². The number of rotatable bonds is 22. The fraction of sp³-hybridized carbons (Fsp3) is 0.960. The molecule has 0 amide bonds. The lowest BCUT2D eigenvalue weighted by molar-refractivity contribution is -0.150. The Balaban J connectivity index is 3.99. The Bertz CT molecular complexity index is 304. The fourth-order valence-electron chi connectivity index (χ4n) is 3.86. The lowest BCUT2D eigenvalue weighted by atomic mass is 9.98. The van der Waals surface area contributed by atoms with Crippen LogP contribution in [-0.2, 0) is 9.53 Å². The van der Waals surface area contributed by atoms with E-state index in [-0.39, 0.29) is 12.1 Å². The summed E-state index contributed by atoms with van der Waals surface area (Å²) in [5.74, 6) is 0.0532. The van der Waals surface area contributed by atoms with Crippen molar-refractivity contribution in [2.75, 3.05) is 0 Å². The molecule has 166 valence electrons. The Morgan fingerprint density at radius 1 is 0.643 bits per heavy atom. The minimum absolute atomic E-state index is 0.0532. The summed E-state index contributed by atoms with van der Waals surface area (Å²) in [6.07, 6.45) is 26.0. The Morgan fingerprint density at radius 2 is 1.07 bits per heavy atom. The van der Waals surface area contributed by atoms with Crippen molar-refractivity contribution in [3.63, 3.8) is 0 Å². The lowest BCUT2D eigenvalue weighted by Crippen LogP contribution is -2.18. The van der Waals surface area contributed by atoms with E-state index < -0.39 is 0 Å². The largest absolute Gasteiger partial charge is 0.462 e. The second-order valence-electron chi connectivity index (χ2n) is 8.74. The molecule has 0 aromatic carbocycles. The zero-order valence-electron chi connectivity index (χ0n) is 19.7. The second kappa shape index (κ2) is 22.8. The Morgan fingerprint density at radius 3 is 1.57 bits per heavy atom. The van der Waals surface area contributed by atoms with Crippen LogP contribution >= 0.6 is 0 Å². The van der Waals surface area contributed by atoms with E-state index in [4.69, 9.17) is 4.74 Å². The van der Waals surface area contributed by atoms with Gasteiger partial charge in [0.05, 0.1) is 0 Å². The van der Waals surface area contributed by atoms with E-state index in [0.29, 0.717) is 6.42 Å². The third-order valence-corrected chi connectivity index (χ3v) is 5.79. The molecule has 0 spiro atoms. The summed E-state index contributed by atoms with van der Waals surface area (Å²) in [6.45, 7) is 4.53. The molecular formula is C25H51BO2. The van der Waals surface area contributed by atoms with Crippen molar-refractivity contribution in [2.45, 2.75) is 155 Å². The van der Waals surface area contributed by atoms with Gasteiger partial charge >= 0.3 is 5.97 Å². The summed E-state index contributed by atoms with van der Waals surface area (Å²) >= 11 is 0. The molecule has 0 aliphatic heterocycles. The highest BCUT2D eigenvalue weighted by molar-refractivity contribution is 6.08. The van der Waals surface area contributed by atoms with Gasteiger partial charge in [0.1, 0.15) is 14.0 Å². The average Bonchev–Trinajstić information content (AvgIpc) is 2.69. The predicted octanol–water partition coefficient (Wildman–Crippen LogP) is 7.79. The highest BCUT2D eigenvalue weighted by Gasteiger charge is 2.14. The van der Waals surface area contributed by atoms with Crippen LogP contribution in [0.1, 0.15) is 142 Å². The number of carbonyl (C=O) groups excluding carboxylic acids is 1. The SMILES string of the molecule is BCCCCCCCC(=O)OC(CCCCCCCC)CCCCCCCC. The van der Waals surface area contributed by atoms with Crippen LogP contribution in [-0.4, -0.2) is 19.9 Å². The number of unbranched alkanes of at least 4 members (excludes halogenated alkanes) is 14. The van der Waals surface area contributed by atoms with Gasteiger partial charge in [-0.15, -0.1) is 0 Å². The van der Waals surface area contributed by atoms with E-state index in [2.05, 4.69) is 21.7 Å². The lowest BCUT2D eigenvalue weighted by Gasteiger charge is -2.18. The van der Waals surface area contributed by atoms with Gasteiger partial charge in [-0.3, -0.25) is 4.79 Å². The number of ether oxygens (including phenoxy) is 1. The first kappa shape index (κ1) is 27.5. The molecule has 0 saturated carbocycles. The smallest absolute Gasteiger partial charge is 0.306 e. The minimum atomic E-state index is 0.0532. The summed E-state index contributed by atoms with van der Waals surface area (Å²) in [7, 11) is 2.24. The van der Waals surface area contributed by atoms with Gasteiger partial charge in [-0.2, -0.15) is 0 Å². The van der Waals surface area contributed by atoms with Crippen molar-refractivity contribution in [3.8, 4) is 0 Å². The van der Waals surface area contributed by atoms with Gasteiger partial charge in [-0.05, 0) is 32.1 Å². The summed E-state index contributed by atoms with van der Waals surface area (Å²) in [5, 5.41) is 0. The molecule has 0 unspecified atom stereocenters. The van der Waals surface area contributed by atoms with Crippen molar-refractivity contribution in [3.05, 3.63) is 0 Å². The standard InChI is InChI=1S/C25H51BO2/c1-3-5-7-9-12-16-20-24(21-17-13-10-8-6-4-2)28-25(27)22-18-14-11-15-19-23-26/h24H,3-23,26H2,1-2H3. The van der Waals surface area contributed by atoms with E-state index in [0.717, 1.165) is 19.3 Å². The molecule has 28 heavy (non-hydrogen) atoms. The fourth-order valence-corrected chi connectivity index (χ4v) is 3.86. The Labute approximate surface area is 178 Å². The molecule has 0 bridgehead atoms. The molecule has 0 heterocycles. The molecule has 0 aliphatic carbocycles. The molecule has 0 saturated heterocycles. The third-order valence-electron chi connectivity index (χ3n) is 5.79. The molecule has 3 heteroatoms. The summed E-state index contributed by atoms with van der Waals surface area (Å²) in [6, 6.07) is 0. The van der Waals surface area contributed by atoms with E-state index in [1.54, 1.807) is 0 Å². The quantitative estimate of drug-likeness (QED) is 0.106. The molecule has 0 aliphatic rings. The van der Waals surface area contributed by atoms with Crippen LogP contribution in [0.2, 0.25) is 6.32 Å². The van der Waals surface area contributed by atoms with E-state index in [1.165, 1.54) is 109 Å². The van der Waals surface area contributed by atoms with Crippen molar-refractivity contribution in [1.29, 1.82) is 0 Å². The maximum atomic E-state index is 12.3. The maximum absolute atomic E-state index is 12.3. The number of carbonyl (C=O) groups is 1. The van der Waals surface area contributed by atoms with Crippen molar-refractivity contribution < 1.29 is 9.53 Å². The van der Waals surface area contributed by atoms with Gasteiger partial charge in [-0.25, -0.2) is 0 Å². The zero-order chi connectivity index (χ0) is 20.7. The van der Waals surface area contributed by atoms with Crippen LogP contribution in [0.4, 0.5) is 0 Å². The van der Waals surface area contributed by atoms with Gasteiger partial charge < -0.3 is 4.74 Å². The van der Waals surface area contributed by atoms with Gasteiger partial charge in [0.2, 0.25) is 0 Å². The molecule has 2 nitrogen and oxygen atoms in total. The van der Waals surface area contributed by atoms with Gasteiger partial charge in [0.25, 0.3) is 0 Å². The van der Waals surface area contributed by atoms with Gasteiger partial charge in [0, 0.05) is 6.42 Å². The molecule has 0 N–H and O–H groups in total. The van der Waals surface area contributed by atoms with E-state index in [1.807, 2.05) is 0 Å². The van der Waals surface area contributed by atoms with Crippen LogP contribution in [0, 0.1) is 0 Å². The highest BCUT2D eigenvalue weighted by atomic mass is 16.5. The van der Waals surface area contributed by atoms with Crippen LogP contribution in [0.5, 0.6) is 0 Å². The first-order valence-electron chi connectivity index (χ1n) is 12.9. The summed E-state index contributed by atoms with van der Waals surface area (Å²) in [5.41, 5.74) is 0. The van der Waals surface area contributed by atoms with Crippen molar-refractivity contribution in [2.24, 2.45) is 0 Å². The highest BCUT2D eigenvalue weighted by Crippen LogP contribution is 2.18. The minimum Gasteiger partial charge on any atom is -0.462 e. The maximum Gasteiger partial charge on any atom is 0.306 e. The molecule has 0 atom stereocenters. The van der Waals surface area contributed by atoms with Crippen molar-refractivity contribution in [1.82, 2.24) is 0 Å². The van der Waals surface area contributed by atoms with Gasteiger partial charge in [-0.1, -0.05) is 110 Å². The van der Waals surface area contributed by atoms with Crippen molar-refractivity contribution >= 4 is 13.8 Å². The Hall–Kier alpha value is -0.465. The number of hydrogen-bond donors (Lipinski definition) is 0. The number of hydrogen-bond acceptors (Lipinski definition) is 2. The first-order chi connectivity index (χ1) is 13.7. The predicted molar refractivity (Wildman–Crippen MR) is 127 cm³/mol. The summed E-state index contributed by atoms with van der Waals surface area (Å²) in [4.78, 5) is 12.3. The molecule has 0 aromatic heterocycles. The first-order valence-corrected chi connectivity index (χ1v) is 12.9. The monoisotopic (exact) mass is 394 g/mol. The van der Waals surface area contributed by atoms with E-state index in [9.17, 15) is 4.79 Å². The summed E-state index contributed by atoms with van der Waals surface area (Å²) < 4.78 is 5.89. The molecule has 0 aromatic rings. The van der Waals surface area contributed by atoms with Gasteiger partial charge in [0.15, 0.2) is 0 Å². The molecule has 0 fully saturated rings. The Kier molecular flexibility index (Phi) is 22.4. The van der Waals surface area contributed by atoms with E-state index >= 15 is 0 Å². The van der Waals surface area contributed by atoms with Crippen LogP contribution in [0.15, 0.2) is 0 Å². The molecular weight excluding hydrogens is 343 g/mol. The zero-order valence-corrected chi connectivity index (χ0v) is 19.7. The number of esters is 1. The normalized spacial score (nSPS) is 11.2. The van der Waals surface area contributed by atoms with Crippen LogP contribution < -0.4 is 0 Å². The average molecular weight is 394 g/mol. The van der Waals surface area contributed by atoms with Crippen LogP contribution in [0.3, 0.4) is 0 Å². The molecule has 0 rings (SSSR count). The topological polar surface area (TPSA) is 26.3 Å². The second-order valence-corrected chi connectivity index (χ2v) is 8.74.